The molecule has 1 aromatic rings. The zero-order chi connectivity index (χ0) is 10.6. The number of ether oxygens (including phenoxy) is 1. The van der Waals surface area contributed by atoms with Crippen LogP contribution in [0.4, 0.5) is 0 Å². The maximum absolute atomic E-state index is 11.6. The molecular weight excluding hydrogens is 176 g/mol. The van der Waals surface area contributed by atoms with Crippen molar-refractivity contribution in [3.8, 4) is 0 Å². The first-order chi connectivity index (χ1) is 6.70. The maximum Gasteiger partial charge on any atom is 0.338 e. The molecule has 0 saturated heterocycles. The smallest absolute Gasteiger partial charge is 0.338 e. The van der Waals surface area contributed by atoms with Gasteiger partial charge in [-0.15, -0.1) is 0 Å². The topological polar surface area (TPSA) is 26.3 Å². The molecule has 0 aliphatic rings. The zero-order valence-corrected chi connectivity index (χ0v) is 8.96. The van der Waals surface area contributed by atoms with E-state index in [-0.39, 0.29) is 5.97 Å². The van der Waals surface area contributed by atoms with Gasteiger partial charge in [0.15, 0.2) is 0 Å². The Hall–Kier alpha value is -1.31. The summed E-state index contributed by atoms with van der Waals surface area (Å²) in [6, 6.07) is 5.88. The van der Waals surface area contributed by atoms with E-state index in [0.29, 0.717) is 6.61 Å². The predicted molar refractivity (Wildman–Crippen MR) is 56.5 cm³/mol. The first-order valence-corrected chi connectivity index (χ1v) is 4.96. The van der Waals surface area contributed by atoms with Crippen LogP contribution in [0, 0.1) is 6.92 Å². The summed E-state index contributed by atoms with van der Waals surface area (Å²) in [5, 5.41) is 0. The van der Waals surface area contributed by atoms with Crippen LogP contribution in [0.2, 0.25) is 0 Å². The lowest BCUT2D eigenvalue weighted by atomic mass is 10.0. The second-order valence-electron chi connectivity index (χ2n) is 3.18. The molecule has 14 heavy (non-hydrogen) atoms. The highest BCUT2D eigenvalue weighted by molar-refractivity contribution is 5.92. The fraction of sp³-hybridized carbons (Fsp3) is 0.417. The normalized spacial score (nSPS) is 9.93. The van der Waals surface area contributed by atoms with E-state index in [2.05, 4.69) is 0 Å². The zero-order valence-electron chi connectivity index (χ0n) is 8.96. The molecule has 0 atom stereocenters. The molecule has 0 spiro atoms. The van der Waals surface area contributed by atoms with E-state index < -0.39 is 0 Å². The fourth-order valence-electron chi connectivity index (χ4n) is 1.52. The van der Waals surface area contributed by atoms with Crippen molar-refractivity contribution in [2.45, 2.75) is 27.2 Å². The molecule has 0 fully saturated rings. The summed E-state index contributed by atoms with van der Waals surface area (Å²) in [6.45, 7) is 6.22. The lowest BCUT2D eigenvalue weighted by Gasteiger charge is -2.09. The number of carbonyl (C=O) groups is 1. The molecule has 2 nitrogen and oxygen atoms in total. The van der Waals surface area contributed by atoms with Gasteiger partial charge in [0.25, 0.3) is 0 Å². The molecule has 0 saturated carbocycles. The van der Waals surface area contributed by atoms with Crippen molar-refractivity contribution in [3.63, 3.8) is 0 Å². The largest absolute Gasteiger partial charge is 0.462 e. The van der Waals surface area contributed by atoms with Gasteiger partial charge in [-0.3, -0.25) is 0 Å². The Kier molecular flexibility index (Phi) is 3.69. The lowest BCUT2D eigenvalue weighted by molar-refractivity contribution is 0.0524. The summed E-state index contributed by atoms with van der Waals surface area (Å²) in [4.78, 5) is 11.6. The van der Waals surface area contributed by atoms with Crippen LogP contribution in [0.1, 0.15) is 35.3 Å². The Balaban J connectivity index is 3.10. The first-order valence-electron chi connectivity index (χ1n) is 4.96. The standard InChI is InChI=1S/C12H16O2/c1-4-10-8-6-7-9(3)11(10)12(13)14-5-2/h6-8H,4-5H2,1-3H3. The van der Waals surface area contributed by atoms with Gasteiger partial charge in [0.2, 0.25) is 0 Å². The van der Waals surface area contributed by atoms with Crippen LogP contribution in [0.15, 0.2) is 18.2 Å². The van der Waals surface area contributed by atoms with Crippen LogP contribution in [0.5, 0.6) is 0 Å². The predicted octanol–water partition coefficient (Wildman–Crippen LogP) is 2.73. The molecule has 1 rings (SSSR count). The van der Waals surface area contributed by atoms with Crippen LogP contribution in [-0.4, -0.2) is 12.6 Å². The van der Waals surface area contributed by atoms with Gasteiger partial charge in [0.05, 0.1) is 12.2 Å². The fourth-order valence-corrected chi connectivity index (χ4v) is 1.52. The van der Waals surface area contributed by atoms with E-state index in [1.807, 2.05) is 39.0 Å². The van der Waals surface area contributed by atoms with E-state index in [1.165, 1.54) is 0 Å². The molecule has 0 heterocycles. The van der Waals surface area contributed by atoms with Crippen LogP contribution in [-0.2, 0) is 11.2 Å². The number of rotatable bonds is 3. The number of carbonyl (C=O) groups excluding carboxylic acids is 1. The van der Waals surface area contributed by atoms with E-state index >= 15 is 0 Å². The number of hydrogen-bond acceptors (Lipinski definition) is 2. The Bertz CT molecular complexity index is 329. The van der Waals surface area contributed by atoms with E-state index in [0.717, 1.165) is 23.1 Å². The number of benzene rings is 1. The van der Waals surface area contributed by atoms with Gasteiger partial charge in [-0.25, -0.2) is 4.79 Å². The monoisotopic (exact) mass is 192 g/mol. The molecule has 0 aliphatic carbocycles. The SMILES string of the molecule is CCOC(=O)c1c(C)cccc1CC. The van der Waals surface area contributed by atoms with Crippen LogP contribution in [0.25, 0.3) is 0 Å². The van der Waals surface area contributed by atoms with Crippen molar-refractivity contribution in [1.82, 2.24) is 0 Å². The third-order valence-electron chi connectivity index (χ3n) is 2.22. The van der Waals surface area contributed by atoms with E-state index in [9.17, 15) is 4.79 Å². The van der Waals surface area contributed by atoms with E-state index in [4.69, 9.17) is 4.74 Å². The van der Waals surface area contributed by atoms with Gasteiger partial charge >= 0.3 is 5.97 Å². The summed E-state index contributed by atoms with van der Waals surface area (Å²) in [5.41, 5.74) is 2.78. The molecule has 76 valence electrons. The van der Waals surface area contributed by atoms with Crippen molar-refractivity contribution in [1.29, 1.82) is 0 Å². The van der Waals surface area contributed by atoms with Crippen LogP contribution >= 0.6 is 0 Å². The molecule has 0 bridgehead atoms. The third-order valence-corrected chi connectivity index (χ3v) is 2.22. The molecule has 0 unspecified atom stereocenters. The number of esters is 1. The Morgan fingerprint density at radius 2 is 2.07 bits per heavy atom. The maximum atomic E-state index is 11.6. The highest BCUT2D eigenvalue weighted by atomic mass is 16.5. The molecule has 0 amide bonds. The summed E-state index contributed by atoms with van der Waals surface area (Å²) >= 11 is 0. The highest BCUT2D eigenvalue weighted by Gasteiger charge is 2.13. The van der Waals surface area contributed by atoms with Crippen molar-refractivity contribution in [2.24, 2.45) is 0 Å². The highest BCUT2D eigenvalue weighted by Crippen LogP contribution is 2.15. The van der Waals surface area contributed by atoms with Gasteiger partial charge in [-0.2, -0.15) is 0 Å². The molecule has 0 aromatic heterocycles. The van der Waals surface area contributed by atoms with Crippen LogP contribution in [0.3, 0.4) is 0 Å². The molecule has 2 heteroatoms. The summed E-state index contributed by atoms with van der Waals surface area (Å²) < 4.78 is 5.01. The molecule has 0 radical (unpaired) electrons. The third kappa shape index (κ3) is 2.13. The van der Waals surface area contributed by atoms with Gasteiger partial charge in [-0.05, 0) is 31.4 Å². The lowest BCUT2D eigenvalue weighted by Crippen LogP contribution is -2.09. The van der Waals surface area contributed by atoms with Gasteiger partial charge in [0, 0.05) is 0 Å². The summed E-state index contributed by atoms with van der Waals surface area (Å²) in [7, 11) is 0. The average molecular weight is 192 g/mol. The van der Waals surface area contributed by atoms with Crippen molar-refractivity contribution in [2.75, 3.05) is 6.61 Å². The van der Waals surface area contributed by atoms with Crippen LogP contribution < -0.4 is 0 Å². The first kappa shape index (κ1) is 10.8. The minimum absolute atomic E-state index is 0.206. The van der Waals surface area contributed by atoms with Gasteiger partial charge in [0.1, 0.15) is 0 Å². The Morgan fingerprint density at radius 3 is 2.64 bits per heavy atom. The second-order valence-corrected chi connectivity index (χ2v) is 3.18. The average Bonchev–Trinajstić information content (AvgIpc) is 2.17. The molecular formula is C12H16O2. The minimum Gasteiger partial charge on any atom is -0.462 e. The van der Waals surface area contributed by atoms with Gasteiger partial charge in [-0.1, -0.05) is 25.1 Å². The second kappa shape index (κ2) is 4.80. The Labute approximate surface area is 84.9 Å². The molecule has 1 aromatic carbocycles. The van der Waals surface area contributed by atoms with E-state index in [1.54, 1.807) is 0 Å². The van der Waals surface area contributed by atoms with Crippen molar-refractivity contribution >= 4 is 5.97 Å². The number of hydrogen-bond donors (Lipinski definition) is 0. The van der Waals surface area contributed by atoms with Crippen molar-refractivity contribution < 1.29 is 9.53 Å². The summed E-state index contributed by atoms with van der Waals surface area (Å²) in [6.07, 6.45) is 0.857. The van der Waals surface area contributed by atoms with Gasteiger partial charge < -0.3 is 4.74 Å². The quantitative estimate of drug-likeness (QED) is 0.688. The molecule has 0 N–H and O–H groups in total. The van der Waals surface area contributed by atoms with Crippen molar-refractivity contribution in [3.05, 3.63) is 34.9 Å². The number of aryl methyl sites for hydroxylation is 2. The summed E-state index contributed by atoms with van der Waals surface area (Å²) in [5.74, 6) is -0.206. The Morgan fingerprint density at radius 1 is 1.36 bits per heavy atom. The minimum atomic E-state index is -0.206. The molecule has 0 aliphatic heterocycles.